The van der Waals surface area contributed by atoms with E-state index in [-0.39, 0.29) is 5.41 Å². The molecule has 0 bridgehead atoms. The fourth-order valence-electron chi connectivity index (χ4n) is 4.71. The molecular weight excluding hydrogens is 372 g/mol. The van der Waals surface area contributed by atoms with E-state index in [4.69, 9.17) is 4.98 Å². The van der Waals surface area contributed by atoms with Crippen LogP contribution in [0.2, 0.25) is 0 Å². The molecule has 0 spiro atoms. The van der Waals surface area contributed by atoms with E-state index < -0.39 is 0 Å². The van der Waals surface area contributed by atoms with Gasteiger partial charge in [0.25, 0.3) is 0 Å². The summed E-state index contributed by atoms with van der Waals surface area (Å²) in [6.45, 7) is 4.66. The van der Waals surface area contributed by atoms with Crippen molar-refractivity contribution in [1.29, 1.82) is 0 Å². The molecule has 2 nitrogen and oxygen atoms in total. The number of fused-ring (bicyclic) bond motifs is 4. The topological polar surface area (TPSA) is 17.3 Å². The Morgan fingerprint density at radius 2 is 1.55 bits per heavy atom. The Kier molecular flexibility index (Phi) is 3.42. The molecule has 0 atom stereocenters. The third-order valence-electron chi connectivity index (χ3n) is 6.17. The lowest BCUT2D eigenvalue weighted by molar-refractivity contribution is 0.660. The molecule has 0 saturated carbocycles. The summed E-state index contributed by atoms with van der Waals surface area (Å²) in [5.74, 6) is 0. The van der Waals surface area contributed by atoms with Crippen LogP contribution in [0.5, 0.6) is 0 Å². The van der Waals surface area contributed by atoms with Crippen molar-refractivity contribution in [2.45, 2.75) is 19.3 Å². The monoisotopic (exact) mass is 392 g/mol. The van der Waals surface area contributed by atoms with Crippen LogP contribution in [0.4, 0.5) is 0 Å². The van der Waals surface area contributed by atoms with Gasteiger partial charge in [-0.3, -0.25) is 4.40 Å². The SMILES string of the molecule is CC1(C)c2ccccc2-c2ccc(-c3c(-c4ccccc4)nc4sccn34)cc21. The first kappa shape index (κ1) is 16.8. The average molecular weight is 393 g/mol. The molecule has 5 aromatic rings. The number of imidazole rings is 1. The molecule has 0 amide bonds. The standard InChI is InChI=1S/C26H20N2S/c1-26(2)21-11-7-6-10-19(21)20-13-12-18(16-22(20)26)24-23(17-8-4-3-5-9-17)27-25-28(24)14-15-29-25/h3-16H,1-2H3. The van der Waals surface area contributed by atoms with E-state index in [2.05, 4.69) is 103 Å². The molecule has 3 heteroatoms. The summed E-state index contributed by atoms with van der Waals surface area (Å²) >= 11 is 1.68. The molecule has 0 aliphatic heterocycles. The predicted octanol–water partition coefficient (Wildman–Crippen LogP) is 7.04. The molecule has 29 heavy (non-hydrogen) atoms. The second-order valence-corrected chi connectivity index (χ2v) is 9.03. The molecule has 3 aromatic carbocycles. The van der Waals surface area contributed by atoms with Crippen molar-refractivity contribution >= 4 is 16.3 Å². The highest BCUT2D eigenvalue weighted by molar-refractivity contribution is 7.15. The lowest BCUT2D eigenvalue weighted by Gasteiger charge is -2.22. The zero-order chi connectivity index (χ0) is 19.6. The van der Waals surface area contributed by atoms with Gasteiger partial charge in [-0.05, 0) is 28.3 Å². The summed E-state index contributed by atoms with van der Waals surface area (Å²) in [5, 5.41) is 2.10. The van der Waals surface area contributed by atoms with Crippen LogP contribution in [0.1, 0.15) is 25.0 Å². The van der Waals surface area contributed by atoms with Crippen LogP contribution in [0.3, 0.4) is 0 Å². The Hall–Kier alpha value is -3.17. The van der Waals surface area contributed by atoms with Gasteiger partial charge in [0.2, 0.25) is 0 Å². The first-order valence-electron chi connectivity index (χ1n) is 9.90. The summed E-state index contributed by atoms with van der Waals surface area (Å²) in [5.41, 5.74) is 10.1. The van der Waals surface area contributed by atoms with Crippen LogP contribution in [-0.2, 0) is 5.41 Å². The minimum atomic E-state index is -0.00665. The van der Waals surface area contributed by atoms with E-state index in [0.717, 1.165) is 16.2 Å². The van der Waals surface area contributed by atoms with Crippen molar-refractivity contribution in [1.82, 2.24) is 9.38 Å². The van der Waals surface area contributed by atoms with Gasteiger partial charge >= 0.3 is 0 Å². The van der Waals surface area contributed by atoms with Crippen LogP contribution < -0.4 is 0 Å². The van der Waals surface area contributed by atoms with Crippen LogP contribution in [-0.4, -0.2) is 9.38 Å². The number of rotatable bonds is 2. The molecule has 1 aliphatic rings. The van der Waals surface area contributed by atoms with Gasteiger partial charge in [0, 0.05) is 28.1 Å². The maximum Gasteiger partial charge on any atom is 0.194 e. The third-order valence-corrected chi connectivity index (χ3v) is 6.92. The first-order chi connectivity index (χ1) is 14.1. The lowest BCUT2D eigenvalue weighted by atomic mass is 9.82. The first-order valence-corrected chi connectivity index (χ1v) is 10.8. The molecule has 0 radical (unpaired) electrons. The van der Waals surface area contributed by atoms with Crippen LogP contribution in [0, 0.1) is 0 Å². The normalized spacial score (nSPS) is 14.1. The number of thiazole rings is 1. The molecule has 0 fully saturated rings. The summed E-state index contributed by atoms with van der Waals surface area (Å²) in [7, 11) is 0. The van der Waals surface area contributed by atoms with Crippen molar-refractivity contribution in [3.05, 3.63) is 95.5 Å². The Morgan fingerprint density at radius 3 is 2.41 bits per heavy atom. The van der Waals surface area contributed by atoms with Crippen molar-refractivity contribution in [3.63, 3.8) is 0 Å². The zero-order valence-electron chi connectivity index (χ0n) is 16.4. The third kappa shape index (κ3) is 2.31. The Morgan fingerprint density at radius 1 is 0.793 bits per heavy atom. The fourth-order valence-corrected chi connectivity index (χ4v) is 5.42. The Labute approximate surface area is 174 Å². The second-order valence-electron chi connectivity index (χ2n) is 8.16. The smallest absolute Gasteiger partial charge is 0.194 e. The molecule has 140 valence electrons. The summed E-state index contributed by atoms with van der Waals surface area (Å²) in [4.78, 5) is 6.00. The van der Waals surface area contributed by atoms with Gasteiger partial charge in [0.05, 0.1) is 11.4 Å². The number of aromatic nitrogens is 2. The van der Waals surface area contributed by atoms with Crippen LogP contribution >= 0.6 is 11.3 Å². The summed E-state index contributed by atoms with van der Waals surface area (Å²) in [6.07, 6.45) is 2.13. The van der Waals surface area contributed by atoms with Gasteiger partial charge in [-0.25, -0.2) is 4.98 Å². The van der Waals surface area contributed by atoms with Gasteiger partial charge in [0.1, 0.15) is 0 Å². The highest BCUT2D eigenvalue weighted by Gasteiger charge is 2.35. The average Bonchev–Trinajstić information content (AvgIpc) is 3.40. The predicted molar refractivity (Wildman–Crippen MR) is 122 cm³/mol. The Balaban J connectivity index is 1.61. The molecule has 0 saturated heterocycles. The zero-order valence-corrected chi connectivity index (χ0v) is 17.2. The van der Waals surface area contributed by atoms with E-state index in [1.165, 1.54) is 33.5 Å². The quantitative estimate of drug-likeness (QED) is 0.315. The lowest BCUT2D eigenvalue weighted by Crippen LogP contribution is -2.14. The van der Waals surface area contributed by atoms with Gasteiger partial charge in [-0.15, -0.1) is 11.3 Å². The molecule has 0 N–H and O–H groups in total. The van der Waals surface area contributed by atoms with Crippen LogP contribution in [0.15, 0.2) is 84.4 Å². The van der Waals surface area contributed by atoms with E-state index in [1.807, 2.05) is 0 Å². The van der Waals surface area contributed by atoms with Gasteiger partial charge in [-0.1, -0.05) is 80.6 Å². The molecule has 0 unspecified atom stereocenters. The van der Waals surface area contributed by atoms with Crippen molar-refractivity contribution in [2.24, 2.45) is 0 Å². The van der Waals surface area contributed by atoms with E-state index in [0.29, 0.717) is 0 Å². The minimum Gasteiger partial charge on any atom is -0.290 e. The number of benzene rings is 3. The van der Waals surface area contributed by atoms with Crippen LogP contribution in [0.25, 0.3) is 38.6 Å². The van der Waals surface area contributed by atoms with E-state index in [9.17, 15) is 0 Å². The summed E-state index contributed by atoms with van der Waals surface area (Å²) in [6, 6.07) is 26.2. The number of nitrogens with zero attached hydrogens (tertiary/aromatic N) is 2. The second kappa shape index (κ2) is 5.91. The number of hydrogen-bond donors (Lipinski definition) is 0. The van der Waals surface area contributed by atoms with Gasteiger partial charge < -0.3 is 0 Å². The fraction of sp³-hybridized carbons (Fsp3) is 0.115. The molecular formula is C26H20N2S. The molecule has 2 heterocycles. The van der Waals surface area contributed by atoms with Crippen molar-refractivity contribution in [3.8, 4) is 33.6 Å². The molecule has 6 rings (SSSR count). The van der Waals surface area contributed by atoms with Crippen molar-refractivity contribution in [2.75, 3.05) is 0 Å². The van der Waals surface area contributed by atoms with E-state index in [1.54, 1.807) is 11.3 Å². The molecule has 2 aromatic heterocycles. The number of hydrogen-bond acceptors (Lipinski definition) is 2. The minimum absolute atomic E-state index is 0.00665. The van der Waals surface area contributed by atoms with Gasteiger partial charge in [0.15, 0.2) is 4.96 Å². The van der Waals surface area contributed by atoms with Gasteiger partial charge in [-0.2, -0.15) is 0 Å². The largest absolute Gasteiger partial charge is 0.290 e. The maximum absolute atomic E-state index is 4.97. The maximum atomic E-state index is 4.97. The molecule has 1 aliphatic carbocycles. The Bertz CT molecular complexity index is 1370. The summed E-state index contributed by atoms with van der Waals surface area (Å²) < 4.78 is 2.23. The van der Waals surface area contributed by atoms with Crippen molar-refractivity contribution < 1.29 is 0 Å². The van der Waals surface area contributed by atoms with E-state index >= 15 is 0 Å². The highest BCUT2D eigenvalue weighted by atomic mass is 32.1. The highest BCUT2D eigenvalue weighted by Crippen LogP contribution is 2.50.